The van der Waals surface area contributed by atoms with Gasteiger partial charge in [-0.25, -0.2) is 0 Å². The summed E-state index contributed by atoms with van der Waals surface area (Å²) in [6, 6.07) is 3.31. The summed E-state index contributed by atoms with van der Waals surface area (Å²) in [6.45, 7) is 16.9. The Morgan fingerprint density at radius 3 is 2.29 bits per heavy atom. The van der Waals surface area contributed by atoms with Gasteiger partial charge in [0, 0.05) is 11.5 Å². The van der Waals surface area contributed by atoms with E-state index in [1.807, 2.05) is 26.8 Å². The first-order valence-electron chi connectivity index (χ1n) is 13.1. The van der Waals surface area contributed by atoms with Gasteiger partial charge in [-0.05, 0) is 77.9 Å². The monoisotopic (exact) mass is 492 g/mol. The maximum atomic E-state index is 13.8. The zero-order chi connectivity index (χ0) is 25.9. The fraction of sp³-hybridized carbons (Fsp3) is 0.786. The van der Waals surface area contributed by atoms with Gasteiger partial charge in [-0.1, -0.05) is 39.3 Å². The van der Waals surface area contributed by atoms with Crippen LogP contribution in [0.3, 0.4) is 0 Å². The lowest BCUT2D eigenvalue weighted by Gasteiger charge is -2.53. The Morgan fingerprint density at radius 2 is 1.79 bits per heavy atom. The fourth-order valence-corrected chi connectivity index (χ4v) is 9.39. The van der Waals surface area contributed by atoms with Gasteiger partial charge in [-0.2, -0.15) is 0 Å². The summed E-state index contributed by atoms with van der Waals surface area (Å²) < 4.78 is 12.3. The maximum absolute atomic E-state index is 13.8. The molecule has 194 valence electrons. The van der Waals surface area contributed by atoms with Gasteiger partial charge in [0.1, 0.15) is 5.76 Å². The number of Topliss-reactive ketones (excluding diaryl/α,β-unsaturated/α-hetero) is 1. The van der Waals surface area contributed by atoms with Gasteiger partial charge in [-0.3, -0.25) is 9.59 Å². The van der Waals surface area contributed by atoms with Crippen LogP contribution in [0, 0.1) is 16.7 Å². The van der Waals surface area contributed by atoms with Gasteiger partial charge in [0.15, 0.2) is 19.9 Å². The summed E-state index contributed by atoms with van der Waals surface area (Å²) in [4.78, 5) is 27.0. The molecule has 6 heteroatoms. The summed E-state index contributed by atoms with van der Waals surface area (Å²) in [7, 11) is -0.237. The molecule has 2 rings (SSSR count). The molecular weight excluding hydrogens is 444 g/mol. The Morgan fingerprint density at radius 1 is 1.21 bits per heavy atom. The smallest absolute Gasteiger partial charge is 0.192 e. The van der Waals surface area contributed by atoms with Gasteiger partial charge in [-0.15, -0.1) is 0 Å². The second-order valence-corrected chi connectivity index (χ2v) is 16.4. The largest absolute Gasteiger partial charge is 0.500 e. The molecule has 5 nitrogen and oxygen atoms in total. The Hall–Kier alpha value is -1.24. The van der Waals surface area contributed by atoms with Crippen molar-refractivity contribution in [3.8, 4) is 0 Å². The van der Waals surface area contributed by atoms with Gasteiger partial charge < -0.3 is 14.3 Å². The van der Waals surface area contributed by atoms with Crippen LogP contribution in [0.1, 0.15) is 87.5 Å². The van der Waals surface area contributed by atoms with E-state index in [-0.39, 0.29) is 23.6 Å². The van der Waals surface area contributed by atoms with Crippen molar-refractivity contribution in [1.82, 2.24) is 0 Å². The normalized spacial score (nSPS) is 29.6. The maximum Gasteiger partial charge on any atom is 0.192 e. The summed E-state index contributed by atoms with van der Waals surface area (Å²) >= 11 is 0. The van der Waals surface area contributed by atoms with E-state index in [2.05, 4.69) is 34.6 Å². The highest BCUT2D eigenvalue weighted by atomic mass is 28.4. The minimum absolute atomic E-state index is 0.0907. The van der Waals surface area contributed by atoms with Crippen LogP contribution in [0.5, 0.6) is 0 Å². The van der Waals surface area contributed by atoms with E-state index in [0.29, 0.717) is 18.6 Å². The zero-order valence-corrected chi connectivity index (χ0v) is 24.0. The van der Waals surface area contributed by atoms with Crippen molar-refractivity contribution in [3.63, 3.8) is 0 Å². The number of hydrogen-bond donors (Lipinski definition) is 1. The second kappa shape index (κ2) is 10.8. The van der Waals surface area contributed by atoms with Crippen LogP contribution in [0.4, 0.5) is 0 Å². The van der Waals surface area contributed by atoms with E-state index >= 15 is 0 Å². The first kappa shape index (κ1) is 29.0. The highest BCUT2D eigenvalue weighted by Crippen LogP contribution is 2.56. The molecule has 0 aromatic carbocycles. The Bertz CT molecular complexity index is 812. The molecule has 0 heterocycles. The molecule has 0 aromatic heterocycles. The van der Waals surface area contributed by atoms with Crippen LogP contribution in [0.2, 0.25) is 18.1 Å². The number of carbonyl (C=O) groups excluding carboxylic acids is 2. The van der Waals surface area contributed by atoms with Gasteiger partial charge in [0.2, 0.25) is 0 Å². The van der Waals surface area contributed by atoms with Crippen LogP contribution in [-0.4, -0.2) is 43.8 Å². The van der Waals surface area contributed by atoms with Gasteiger partial charge in [0.25, 0.3) is 0 Å². The Balaban J connectivity index is 2.27. The summed E-state index contributed by atoms with van der Waals surface area (Å²) in [5.74, 6) is -0.764. The molecule has 0 radical (unpaired) electrons. The lowest BCUT2D eigenvalue weighted by molar-refractivity contribution is -0.164. The number of methoxy groups -OCH3 is 1. The van der Waals surface area contributed by atoms with E-state index in [1.54, 1.807) is 0 Å². The Labute approximate surface area is 208 Å². The topological polar surface area (TPSA) is 72.8 Å². The average Bonchev–Trinajstić information content (AvgIpc) is 2.77. The van der Waals surface area contributed by atoms with Crippen LogP contribution >= 0.6 is 0 Å². The third-order valence-corrected chi connectivity index (χ3v) is 13.6. The first-order chi connectivity index (χ1) is 15.8. The van der Waals surface area contributed by atoms with E-state index < -0.39 is 31.2 Å². The zero-order valence-electron chi connectivity index (χ0n) is 23.0. The van der Waals surface area contributed by atoms with Crippen molar-refractivity contribution in [2.45, 2.75) is 117 Å². The van der Waals surface area contributed by atoms with Crippen molar-refractivity contribution >= 4 is 19.9 Å². The van der Waals surface area contributed by atoms with Crippen LogP contribution in [0.25, 0.3) is 0 Å². The Kier molecular flexibility index (Phi) is 9.20. The minimum Gasteiger partial charge on any atom is -0.500 e. The van der Waals surface area contributed by atoms with Crippen molar-refractivity contribution < 1.29 is 23.9 Å². The molecule has 2 aliphatic rings. The molecule has 0 saturated heterocycles. The minimum atomic E-state index is -1.74. The number of aliphatic hydroxyl groups excluding tert-OH is 1. The molecule has 0 unspecified atom stereocenters. The SMILES string of the molecule is CC[Si](CC)(CC)OC(C)(C)CCC[C@@]1(C)[C@H]2C(=O)C=C(OC)[C@@](CC=C(C)C)(C[C@@H]1O)C2=O. The molecule has 1 saturated carbocycles. The third-order valence-electron chi connectivity index (χ3n) is 8.72. The average molecular weight is 493 g/mol. The van der Waals surface area contributed by atoms with Crippen molar-refractivity contribution in [2.24, 2.45) is 16.7 Å². The molecule has 0 amide bonds. The summed E-state index contributed by atoms with van der Waals surface area (Å²) in [5.41, 5.74) is -0.910. The number of fused-ring (bicyclic) bond motifs is 2. The van der Waals surface area contributed by atoms with Gasteiger partial charge in [0.05, 0.1) is 30.1 Å². The lowest BCUT2D eigenvalue weighted by atomic mass is 9.50. The first-order valence-corrected chi connectivity index (χ1v) is 15.7. The molecular formula is C28H48O5Si. The van der Waals surface area contributed by atoms with E-state index in [1.165, 1.54) is 13.2 Å². The molecule has 4 atom stereocenters. The highest BCUT2D eigenvalue weighted by Gasteiger charge is 2.63. The van der Waals surface area contributed by atoms with Crippen LogP contribution < -0.4 is 0 Å². The molecule has 0 aliphatic heterocycles. The standard InChI is InChI=1S/C28H48O5Si/c1-10-34(11-2,12-3)33-26(6,7)15-13-16-27(8)22(30)19-28(17-14-20(4)5)23(32-9)18-21(29)24(27)25(28)31/h14,18,22,24,30H,10-13,15-17,19H2,1-9H3/t22-,24-,27+,28+/m0/s1. The van der Waals surface area contributed by atoms with E-state index in [0.717, 1.165) is 36.5 Å². The van der Waals surface area contributed by atoms with Gasteiger partial charge >= 0.3 is 0 Å². The van der Waals surface area contributed by atoms with E-state index in [9.17, 15) is 14.7 Å². The molecule has 1 N–H and O–H groups in total. The molecule has 34 heavy (non-hydrogen) atoms. The summed E-state index contributed by atoms with van der Waals surface area (Å²) in [6.07, 6.45) is 5.74. The number of aliphatic hydroxyl groups is 1. The number of carbonyl (C=O) groups is 2. The number of allylic oxidation sites excluding steroid dienone is 4. The van der Waals surface area contributed by atoms with Crippen molar-refractivity contribution in [2.75, 3.05) is 7.11 Å². The molecule has 0 aromatic rings. The highest BCUT2D eigenvalue weighted by molar-refractivity contribution is 6.73. The van der Waals surface area contributed by atoms with Crippen molar-refractivity contribution in [3.05, 3.63) is 23.5 Å². The third kappa shape index (κ3) is 5.44. The number of ketones is 2. The molecule has 0 spiro atoms. The molecule has 2 aliphatic carbocycles. The predicted molar refractivity (Wildman–Crippen MR) is 140 cm³/mol. The number of rotatable bonds is 12. The second-order valence-electron chi connectivity index (χ2n) is 11.7. The van der Waals surface area contributed by atoms with Crippen molar-refractivity contribution in [1.29, 1.82) is 0 Å². The summed E-state index contributed by atoms with van der Waals surface area (Å²) in [5, 5.41) is 11.4. The predicted octanol–water partition coefficient (Wildman–Crippen LogP) is 6.37. The lowest BCUT2D eigenvalue weighted by Crippen LogP contribution is -2.61. The van der Waals surface area contributed by atoms with Crippen LogP contribution in [0.15, 0.2) is 23.5 Å². The quantitative estimate of drug-likeness (QED) is 0.195. The molecule has 1 fully saturated rings. The van der Waals surface area contributed by atoms with Crippen LogP contribution in [-0.2, 0) is 18.8 Å². The van der Waals surface area contributed by atoms with E-state index in [4.69, 9.17) is 9.16 Å². The number of ether oxygens (including phenoxy) is 1. The number of hydrogen-bond acceptors (Lipinski definition) is 5. The fourth-order valence-electron chi connectivity index (χ4n) is 6.19. The molecule has 2 bridgehead atoms.